The third kappa shape index (κ3) is 3.03. The lowest BCUT2D eigenvalue weighted by atomic mass is 10.2. The van der Waals surface area contributed by atoms with Crippen molar-refractivity contribution in [1.29, 1.82) is 0 Å². The average Bonchev–Trinajstić information content (AvgIpc) is 2.78. The zero-order chi connectivity index (χ0) is 14.0. The van der Waals surface area contributed by atoms with Crippen LogP contribution in [0, 0.1) is 0 Å². The number of benzene rings is 1. The maximum Gasteiger partial charge on any atom is 0.335 e. The molecular weight excluding hydrogens is 272 g/mol. The second kappa shape index (κ2) is 5.27. The molecule has 0 aliphatic carbocycles. The van der Waals surface area contributed by atoms with Gasteiger partial charge in [-0.1, -0.05) is 11.6 Å². The van der Waals surface area contributed by atoms with E-state index in [1.807, 2.05) is 0 Å². The SMILES string of the molecule is O=C1CC[C@H](C(=O)Nc2ccc(C(=O)O)cc2Cl)N1. The van der Waals surface area contributed by atoms with Gasteiger partial charge in [0.25, 0.3) is 0 Å². The van der Waals surface area contributed by atoms with Crippen molar-refractivity contribution in [3.63, 3.8) is 0 Å². The minimum absolute atomic E-state index is 0.0390. The lowest BCUT2D eigenvalue weighted by molar-refractivity contribution is -0.122. The molecule has 7 heteroatoms. The predicted octanol–water partition coefficient (Wildman–Crippen LogP) is 1.26. The van der Waals surface area contributed by atoms with Gasteiger partial charge in [-0.2, -0.15) is 0 Å². The highest BCUT2D eigenvalue weighted by Crippen LogP contribution is 2.23. The Bertz CT molecular complexity index is 559. The summed E-state index contributed by atoms with van der Waals surface area (Å²) < 4.78 is 0. The van der Waals surface area contributed by atoms with Gasteiger partial charge in [0, 0.05) is 6.42 Å². The number of nitrogens with one attached hydrogen (secondary N) is 2. The molecule has 0 bridgehead atoms. The van der Waals surface area contributed by atoms with Gasteiger partial charge in [0.15, 0.2) is 0 Å². The molecule has 2 amide bonds. The maximum absolute atomic E-state index is 11.8. The average molecular weight is 283 g/mol. The number of halogens is 1. The van der Waals surface area contributed by atoms with Gasteiger partial charge in [-0.3, -0.25) is 9.59 Å². The first-order chi connectivity index (χ1) is 8.97. The minimum Gasteiger partial charge on any atom is -0.478 e. The van der Waals surface area contributed by atoms with Crippen molar-refractivity contribution in [2.75, 3.05) is 5.32 Å². The topological polar surface area (TPSA) is 95.5 Å². The van der Waals surface area contributed by atoms with Crippen LogP contribution in [0.15, 0.2) is 18.2 Å². The van der Waals surface area contributed by atoms with Crippen LogP contribution in [0.2, 0.25) is 5.02 Å². The van der Waals surface area contributed by atoms with E-state index in [0.29, 0.717) is 18.5 Å². The van der Waals surface area contributed by atoms with Crippen LogP contribution in [0.5, 0.6) is 0 Å². The summed E-state index contributed by atoms with van der Waals surface area (Å²) >= 11 is 5.89. The first-order valence-corrected chi connectivity index (χ1v) is 5.98. The normalized spacial score (nSPS) is 17.9. The molecule has 1 atom stereocenters. The molecule has 1 saturated heterocycles. The molecule has 2 rings (SSSR count). The van der Waals surface area contributed by atoms with Crippen LogP contribution in [0.25, 0.3) is 0 Å². The Morgan fingerprint density at radius 1 is 1.42 bits per heavy atom. The van der Waals surface area contributed by atoms with E-state index in [-0.39, 0.29) is 22.4 Å². The summed E-state index contributed by atoms with van der Waals surface area (Å²) in [4.78, 5) is 33.6. The zero-order valence-electron chi connectivity index (χ0n) is 9.77. The van der Waals surface area contributed by atoms with Crippen molar-refractivity contribution in [3.8, 4) is 0 Å². The van der Waals surface area contributed by atoms with Crippen molar-refractivity contribution >= 4 is 35.1 Å². The Balaban J connectivity index is 2.09. The summed E-state index contributed by atoms with van der Waals surface area (Å²) in [7, 11) is 0. The molecule has 1 aliphatic rings. The van der Waals surface area contributed by atoms with Crippen molar-refractivity contribution in [1.82, 2.24) is 5.32 Å². The Kier molecular flexibility index (Phi) is 3.71. The van der Waals surface area contributed by atoms with Gasteiger partial charge >= 0.3 is 5.97 Å². The Morgan fingerprint density at radius 3 is 2.68 bits per heavy atom. The van der Waals surface area contributed by atoms with Crippen LogP contribution in [-0.2, 0) is 9.59 Å². The standard InChI is InChI=1S/C12H11ClN2O4/c13-7-5-6(12(18)19)1-2-8(7)15-11(17)9-3-4-10(16)14-9/h1-2,5,9H,3-4H2,(H,14,16)(H,15,17)(H,18,19)/t9-/m1/s1. The number of carbonyl (C=O) groups excluding carboxylic acids is 2. The van der Waals surface area contributed by atoms with Gasteiger partial charge in [0.05, 0.1) is 16.3 Å². The number of rotatable bonds is 3. The van der Waals surface area contributed by atoms with Gasteiger partial charge in [-0.25, -0.2) is 4.79 Å². The smallest absolute Gasteiger partial charge is 0.335 e. The summed E-state index contributed by atoms with van der Waals surface area (Å²) in [5.74, 6) is -1.62. The molecule has 100 valence electrons. The fraction of sp³-hybridized carbons (Fsp3) is 0.250. The van der Waals surface area contributed by atoms with Crippen LogP contribution in [0.1, 0.15) is 23.2 Å². The number of amides is 2. The van der Waals surface area contributed by atoms with E-state index in [1.54, 1.807) is 0 Å². The largest absolute Gasteiger partial charge is 0.478 e. The first kappa shape index (κ1) is 13.4. The Hall–Kier alpha value is -2.08. The third-order valence-electron chi connectivity index (χ3n) is 2.79. The highest BCUT2D eigenvalue weighted by atomic mass is 35.5. The molecule has 1 fully saturated rings. The fourth-order valence-corrected chi connectivity index (χ4v) is 2.01. The number of hydrogen-bond acceptors (Lipinski definition) is 3. The summed E-state index contributed by atoms with van der Waals surface area (Å²) in [5.41, 5.74) is 0.356. The van der Waals surface area contributed by atoms with E-state index < -0.39 is 12.0 Å². The molecule has 0 radical (unpaired) electrons. The number of carboxylic acids is 1. The Morgan fingerprint density at radius 2 is 2.16 bits per heavy atom. The second-order valence-electron chi connectivity index (χ2n) is 4.15. The molecular formula is C12H11ClN2O4. The van der Waals surface area contributed by atoms with Gasteiger partial charge in [-0.15, -0.1) is 0 Å². The lowest BCUT2D eigenvalue weighted by Gasteiger charge is -2.12. The highest BCUT2D eigenvalue weighted by Gasteiger charge is 2.27. The van der Waals surface area contributed by atoms with E-state index in [4.69, 9.17) is 16.7 Å². The van der Waals surface area contributed by atoms with Crippen LogP contribution >= 0.6 is 11.6 Å². The van der Waals surface area contributed by atoms with Crippen LogP contribution < -0.4 is 10.6 Å². The molecule has 1 aliphatic heterocycles. The van der Waals surface area contributed by atoms with E-state index in [1.165, 1.54) is 18.2 Å². The van der Waals surface area contributed by atoms with Crippen molar-refractivity contribution in [2.45, 2.75) is 18.9 Å². The molecule has 0 unspecified atom stereocenters. The molecule has 1 aromatic carbocycles. The summed E-state index contributed by atoms with van der Waals surface area (Å²) in [6, 6.07) is 3.45. The van der Waals surface area contributed by atoms with Gasteiger partial charge < -0.3 is 15.7 Å². The van der Waals surface area contributed by atoms with Crippen molar-refractivity contribution in [2.24, 2.45) is 0 Å². The highest BCUT2D eigenvalue weighted by molar-refractivity contribution is 6.34. The maximum atomic E-state index is 11.8. The molecule has 19 heavy (non-hydrogen) atoms. The van der Waals surface area contributed by atoms with E-state index in [9.17, 15) is 14.4 Å². The van der Waals surface area contributed by atoms with E-state index in [2.05, 4.69) is 10.6 Å². The predicted molar refractivity (Wildman–Crippen MR) is 68.2 cm³/mol. The molecule has 6 nitrogen and oxygen atoms in total. The minimum atomic E-state index is -1.09. The summed E-state index contributed by atoms with van der Waals surface area (Å²) in [6.07, 6.45) is 0.763. The quantitative estimate of drug-likeness (QED) is 0.777. The lowest BCUT2D eigenvalue weighted by Crippen LogP contribution is -2.37. The van der Waals surface area contributed by atoms with Gasteiger partial charge in [0.1, 0.15) is 6.04 Å². The van der Waals surface area contributed by atoms with E-state index >= 15 is 0 Å². The van der Waals surface area contributed by atoms with Crippen LogP contribution in [0.4, 0.5) is 5.69 Å². The summed E-state index contributed by atoms with van der Waals surface area (Å²) in [6.45, 7) is 0. The van der Waals surface area contributed by atoms with Crippen molar-refractivity contribution < 1.29 is 19.5 Å². The summed E-state index contributed by atoms with van der Waals surface area (Å²) in [5, 5.41) is 14.0. The second-order valence-corrected chi connectivity index (χ2v) is 4.56. The molecule has 0 spiro atoms. The molecule has 1 heterocycles. The fourth-order valence-electron chi connectivity index (χ4n) is 1.78. The molecule has 1 aromatic rings. The molecule has 0 aromatic heterocycles. The number of carboxylic acid groups (broad SMARTS) is 1. The molecule has 0 saturated carbocycles. The van der Waals surface area contributed by atoms with Crippen molar-refractivity contribution in [3.05, 3.63) is 28.8 Å². The van der Waals surface area contributed by atoms with Gasteiger partial charge in [0.2, 0.25) is 11.8 Å². The Labute approximate surface area is 113 Å². The number of anilines is 1. The number of carbonyl (C=O) groups is 3. The van der Waals surface area contributed by atoms with Crippen LogP contribution in [-0.4, -0.2) is 28.9 Å². The van der Waals surface area contributed by atoms with E-state index in [0.717, 1.165) is 0 Å². The number of hydrogen-bond donors (Lipinski definition) is 3. The first-order valence-electron chi connectivity index (χ1n) is 5.60. The van der Waals surface area contributed by atoms with Crippen LogP contribution in [0.3, 0.4) is 0 Å². The molecule has 3 N–H and O–H groups in total. The third-order valence-corrected chi connectivity index (χ3v) is 3.10. The monoisotopic (exact) mass is 282 g/mol. The van der Waals surface area contributed by atoms with Gasteiger partial charge in [-0.05, 0) is 24.6 Å². The number of aromatic carboxylic acids is 1. The zero-order valence-corrected chi connectivity index (χ0v) is 10.5.